The monoisotopic (exact) mass is 339 g/mol. The van der Waals surface area contributed by atoms with Gasteiger partial charge in [0.15, 0.2) is 11.4 Å². The van der Waals surface area contributed by atoms with E-state index in [9.17, 15) is 9.59 Å². The molecule has 2 aliphatic heterocycles. The van der Waals surface area contributed by atoms with Crippen LogP contribution in [0.2, 0.25) is 5.02 Å². The van der Waals surface area contributed by atoms with E-state index in [1.807, 2.05) is 0 Å². The first-order chi connectivity index (χ1) is 11.0. The Morgan fingerprint density at radius 3 is 2.57 bits per heavy atom. The second kappa shape index (κ2) is 6.11. The average Bonchev–Trinajstić information content (AvgIpc) is 2.78. The van der Waals surface area contributed by atoms with Crippen LogP contribution in [-0.2, 0) is 19.2 Å². The number of methoxy groups -OCH3 is 1. The SMILES string of the molecule is COc1c(Cl)cccc1C1C(=O)OC2(CCN(OC)CC2)C1=O. The van der Waals surface area contributed by atoms with Crippen LogP contribution in [0.1, 0.15) is 24.3 Å². The minimum Gasteiger partial charge on any atom is -0.495 e. The van der Waals surface area contributed by atoms with Gasteiger partial charge in [-0.2, -0.15) is 5.06 Å². The molecule has 0 aromatic heterocycles. The number of carbonyl (C=O) groups excluding carboxylic acids is 2. The Morgan fingerprint density at radius 2 is 1.96 bits per heavy atom. The Bertz CT molecular complexity index is 639. The Morgan fingerprint density at radius 1 is 1.26 bits per heavy atom. The van der Waals surface area contributed by atoms with Crippen LogP contribution in [-0.4, -0.2) is 49.7 Å². The number of hydrogen-bond acceptors (Lipinski definition) is 6. The number of ether oxygens (including phenoxy) is 2. The van der Waals surface area contributed by atoms with Crippen LogP contribution in [0.5, 0.6) is 5.75 Å². The van der Waals surface area contributed by atoms with Crippen molar-refractivity contribution >= 4 is 23.4 Å². The van der Waals surface area contributed by atoms with E-state index < -0.39 is 17.5 Å². The van der Waals surface area contributed by atoms with Gasteiger partial charge < -0.3 is 14.3 Å². The van der Waals surface area contributed by atoms with E-state index in [1.54, 1.807) is 30.4 Å². The fourth-order valence-electron chi connectivity index (χ4n) is 3.29. The highest BCUT2D eigenvalue weighted by Crippen LogP contribution is 2.44. The highest BCUT2D eigenvalue weighted by Gasteiger charge is 2.57. The van der Waals surface area contributed by atoms with Gasteiger partial charge in [-0.3, -0.25) is 9.59 Å². The van der Waals surface area contributed by atoms with Crippen molar-refractivity contribution in [2.75, 3.05) is 27.3 Å². The van der Waals surface area contributed by atoms with Gasteiger partial charge in [-0.25, -0.2) is 0 Å². The summed E-state index contributed by atoms with van der Waals surface area (Å²) in [6.07, 6.45) is 0.843. The molecule has 0 amide bonds. The molecule has 1 aromatic rings. The summed E-state index contributed by atoms with van der Waals surface area (Å²) in [5.74, 6) is -1.41. The standard InChI is InChI=1S/C16H18ClNO5/c1-21-13-10(4-3-5-11(13)17)12-14(19)16(23-15(12)20)6-8-18(22-2)9-7-16/h3-5,12H,6-9H2,1-2H3. The molecule has 3 rings (SSSR count). The highest BCUT2D eigenvalue weighted by atomic mass is 35.5. The third kappa shape index (κ3) is 2.60. The zero-order chi connectivity index (χ0) is 16.6. The van der Waals surface area contributed by atoms with E-state index in [2.05, 4.69) is 0 Å². The van der Waals surface area contributed by atoms with Crippen molar-refractivity contribution in [3.05, 3.63) is 28.8 Å². The van der Waals surface area contributed by atoms with Crippen molar-refractivity contribution < 1.29 is 23.9 Å². The number of ketones is 1. The lowest BCUT2D eigenvalue weighted by molar-refractivity contribution is -0.184. The van der Waals surface area contributed by atoms with Gasteiger partial charge in [-0.1, -0.05) is 23.7 Å². The first kappa shape index (κ1) is 16.2. The normalized spacial score (nSPS) is 24.0. The maximum absolute atomic E-state index is 13.0. The van der Waals surface area contributed by atoms with Crippen LogP contribution in [0.15, 0.2) is 18.2 Å². The lowest BCUT2D eigenvalue weighted by Crippen LogP contribution is -2.48. The second-order valence-electron chi connectivity index (χ2n) is 5.69. The second-order valence-corrected chi connectivity index (χ2v) is 6.09. The number of Topliss-reactive ketones (excluding diaryl/α,β-unsaturated/α-hetero) is 1. The van der Waals surface area contributed by atoms with Crippen LogP contribution in [0, 0.1) is 0 Å². The Hall–Kier alpha value is -1.63. The van der Waals surface area contributed by atoms with E-state index in [0.29, 0.717) is 42.3 Å². The Kier molecular flexibility index (Phi) is 4.31. The van der Waals surface area contributed by atoms with Crippen molar-refractivity contribution in [1.82, 2.24) is 5.06 Å². The molecule has 0 bridgehead atoms. The number of piperidine rings is 1. The van der Waals surface area contributed by atoms with Gasteiger partial charge in [0.1, 0.15) is 11.7 Å². The van der Waals surface area contributed by atoms with Gasteiger partial charge >= 0.3 is 5.97 Å². The molecular formula is C16H18ClNO5. The Balaban J connectivity index is 1.93. The highest BCUT2D eigenvalue weighted by molar-refractivity contribution is 6.32. The van der Waals surface area contributed by atoms with E-state index in [1.165, 1.54) is 7.11 Å². The molecule has 0 N–H and O–H groups in total. The topological polar surface area (TPSA) is 65.1 Å². The number of hydroxylamine groups is 2. The van der Waals surface area contributed by atoms with Crippen molar-refractivity contribution in [1.29, 1.82) is 0 Å². The summed E-state index contributed by atoms with van der Waals surface area (Å²) in [5.41, 5.74) is -0.606. The minimum atomic E-state index is -1.07. The number of benzene rings is 1. The predicted molar refractivity (Wildman–Crippen MR) is 82.4 cm³/mol. The van der Waals surface area contributed by atoms with Crippen molar-refractivity contribution in [2.24, 2.45) is 0 Å². The lowest BCUT2D eigenvalue weighted by Gasteiger charge is -2.35. The average molecular weight is 340 g/mol. The molecule has 0 aliphatic carbocycles. The predicted octanol–water partition coefficient (Wildman–Crippen LogP) is 1.95. The number of carbonyl (C=O) groups is 2. The summed E-state index contributed by atoms with van der Waals surface area (Å²) >= 11 is 6.11. The largest absolute Gasteiger partial charge is 0.495 e. The molecule has 1 aromatic carbocycles. The van der Waals surface area contributed by atoms with Crippen LogP contribution in [0.25, 0.3) is 0 Å². The maximum atomic E-state index is 13.0. The zero-order valence-corrected chi connectivity index (χ0v) is 13.8. The van der Waals surface area contributed by atoms with Crippen molar-refractivity contribution in [3.63, 3.8) is 0 Å². The fourth-order valence-corrected chi connectivity index (χ4v) is 3.55. The molecule has 0 saturated carbocycles. The third-order valence-electron chi connectivity index (χ3n) is 4.54. The molecule has 1 atom stereocenters. The number of nitrogens with zero attached hydrogens (tertiary/aromatic N) is 1. The van der Waals surface area contributed by atoms with Gasteiger partial charge in [0.2, 0.25) is 0 Å². The minimum absolute atomic E-state index is 0.223. The summed E-state index contributed by atoms with van der Waals surface area (Å²) in [5, 5.41) is 2.11. The Labute approximate surface area is 139 Å². The number of rotatable bonds is 3. The molecule has 2 saturated heterocycles. The summed E-state index contributed by atoms with van der Waals surface area (Å²) in [4.78, 5) is 30.5. The van der Waals surface area contributed by atoms with Crippen LogP contribution in [0.4, 0.5) is 0 Å². The number of halogens is 1. The summed E-state index contributed by atoms with van der Waals surface area (Å²) in [6, 6.07) is 5.03. The number of hydrogen-bond donors (Lipinski definition) is 0. The van der Waals surface area contributed by atoms with E-state index in [0.717, 1.165) is 0 Å². The lowest BCUT2D eigenvalue weighted by atomic mass is 9.82. The van der Waals surface area contributed by atoms with Gasteiger partial charge in [-0.05, 0) is 6.07 Å². The molecule has 6 nitrogen and oxygen atoms in total. The molecular weight excluding hydrogens is 322 g/mol. The summed E-state index contributed by atoms with van der Waals surface area (Å²) in [7, 11) is 3.04. The molecule has 1 unspecified atom stereocenters. The van der Waals surface area contributed by atoms with Crippen LogP contribution in [0.3, 0.4) is 0 Å². The molecule has 23 heavy (non-hydrogen) atoms. The van der Waals surface area contributed by atoms with Crippen molar-refractivity contribution in [2.45, 2.75) is 24.4 Å². The fraction of sp³-hybridized carbons (Fsp3) is 0.500. The third-order valence-corrected chi connectivity index (χ3v) is 4.84. The van der Waals surface area contributed by atoms with Crippen LogP contribution < -0.4 is 4.74 Å². The number of para-hydroxylation sites is 1. The first-order valence-electron chi connectivity index (χ1n) is 7.41. The zero-order valence-electron chi connectivity index (χ0n) is 13.0. The molecule has 7 heteroatoms. The van der Waals surface area contributed by atoms with Crippen LogP contribution >= 0.6 is 11.6 Å². The molecule has 2 aliphatic rings. The molecule has 2 fully saturated rings. The van der Waals surface area contributed by atoms with Gasteiger partial charge in [0.25, 0.3) is 0 Å². The van der Waals surface area contributed by atoms with E-state index in [-0.39, 0.29) is 5.78 Å². The molecule has 124 valence electrons. The smallest absolute Gasteiger partial charge is 0.322 e. The van der Waals surface area contributed by atoms with E-state index >= 15 is 0 Å². The van der Waals surface area contributed by atoms with Gasteiger partial charge in [0.05, 0.1) is 19.2 Å². The molecule has 0 radical (unpaired) electrons. The summed E-state index contributed by atoms with van der Waals surface area (Å²) in [6.45, 7) is 1.07. The number of esters is 1. The molecule has 1 spiro atoms. The van der Waals surface area contributed by atoms with Gasteiger partial charge in [-0.15, -0.1) is 0 Å². The van der Waals surface area contributed by atoms with Crippen molar-refractivity contribution in [3.8, 4) is 5.75 Å². The van der Waals surface area contributed by atoms with Gasteiger partial charge in [0, 0.05) is 31.5 Å². The molecule has 2 heterocycles. The quantitative estimate of drug-likeness (QED) is 0.619. The van der Waals surface area contributed by atoms with E-state index in [4.69, 9.17) is 25.9 Å². The summed E-state index contributed by atoms with van der Waals surface area (Å²) < 4.78 is 10.8. The maximum Gasteiger partial charge on any atom is 0.322 e. The first-order valence-corrected chi connectivity index (χ1v) is 7.79.